The van der Waals surface area contributed by atoms with Gasteiger partial charge in [-0.15, -0.1) is 0 Å². The van der Waals surface area contributed by atoms with Gasteiger partial charge >= 0.3 is 0 Å². The Balaban J connectivity index is 1.73. The zero-order chi connectivity index (χ0) is 17.6. The van der Waals surface area contributed by atoms with Crippen LogP contribution < -0.4 is 10.1 Å². The maximum absolute atomic E-state index is 13.0. The molecule has 0 atom stereocenters. The molecule has 2 aromatic carbocycles. The van der Waals surface area contributed by atoms with Gasteiger partial charge in [0.15, 0.2) is 11.6 Å². The Morgan fingerprint density at radius 2 is 1.84 bits per heavy atom. The fourth-order valence-corrected chi connectivity index (χ4v) is 2.31. The molecule has 1 aromatic heterocycles. The Morgan fingerprint density at radius 3 is 2.60 bits per heavy atom. The molecule has 0 unspecified atom stereocenters. The second-order valence-corrected chi connectivity index (χ2v) is 5.53. The molecule has 0 saturated heterocycles. The summed E-state index contributed by atoms with van der Waals surface area (Å²) in [5.74, 6) is 0.0303. The third-order valence-electron chi connectivity index (χ3n) is 3.75. The van der Waals surface area contributed by atoms with Crippen molar-refractivity contribution in [3.63, 3.8) is 0 Å². The number of hydrogen-bond donors (Lipinski definition) is 1. The van der Waals surface area contributed by atoms with Gasteiger partial charge in [-0.05, 0) is 54.4 Å². The molecule has 3 rings (SSSR count). The molecule has 0 aliphatic carbocycles. The predicted octanol–water partition coefficient (Wildman–Crippen LogP) is 4.36. The minimum absolute atomic E-state index is 0.324. The lowest BCUT2D eigenvalue weighted by Gasteiger charge is -2.12. The van der Waals surface area contributed by atoms with Gasteiger partial charge in [0.25, 0.3) is 5.91 Å². The van der Waals surface area contributed by atoms with Gasteiger partial charge in [-0.3, -0.25) is 4.79 Å². The van der Waals surface area contributed by atoms with E-state index in [-0.39, 0.29) is 5.91 Å². The van der Waals surface area contributed by atoms with Crippen LogP contribution in [-0.4, -0.2) is 10.9 Å². The Kier molecular flexibility index (Phi) is 5.04. The van der Waals surface area contributed by atoms with Crippen LogP contribution in [0.25, 0.3) is 0 Å². The quantitative estimate of drug-likeness (QED) is 0.753. The van der Waals surface area contributed by atoms with Crippen molar-refractivity contribution in [1.29, 1.82) is 0 Å². The topological polar surface area (TPSA) is 51.2 Å². The number of rotatable bonds is 5. The first-order valence-corrected chi connectivity index (χ1v) is 7.83. The monoisotopic (exact) mass is 336 g/mol. The predicted molar refractivity (Wildman–Crippen MR) is 94.1 cm³/mol. The molecule has 1 heterocycles. The molecule has 3 aromatic rings. The van der Waals surface area contributed by atoms with Crippen LogP contribution in [0, 0.1) is 12.7 Å². The SMILES string of the molecule is Cc1ccccc1COc1cccnc1NC(=O)c1ccc(F)cc1. The largest absolute Gasteiger partial charge is 0.485 e. The van der Waals surface area contributed by atoms with E-state index in [4.69, 9.17) is 4.74 Å². The molecule has 0 saturated carbocycles. The van der Waals surface area contributed by atoms with Crippen LogP contribution >= 0.6 is 0 Å². The van der Waals surface area contributed by atoms with Crippen molar-refractivity contribution < 1.29 is 13.9 Å². The van der Waals surface area contributed by atoms with E-state index in [1.54, 1.807) is 18.3 Å². The van der Waals surface area contributed by atoms with Gasteiger partial charge in [0, 0.05) is 11.8 Å². The van der Waals surface area contributed by atoms with Gasteiger partial charge in [0.2, 0.25) is 0 Å². The molecule has 0 bridgehead atoms. The van der Waals surface area contributed by atoms with Crippen LogP contribution in [0.5, 0.6) is 5.75 Å². The molecule has 5 heteroatoms. The molecule has 0 fully saturated rings. The lowest BCUT2D eigenvalue weighted by molar-refractivity contribution is 0.102. The summed E-state index contributed by atoms with van der Waals surface area (Å²) in [5, 5.41) is 2.70. The van der Waals surface area contributed by atoms with Gasteiger partial charge in [-0.25, -0.2) is 9.37 Å². The van der Waals surface area contributed by atoms with Crippen LogP contribution in [0.15, 0.2) is 66.9 Å². The van der Waals surface area contributed by atoms with Crippen molar-refractivity contribution in [2.75, 3.05) is 5.32 Å². The number of carbonyl (C=O) groups is 1. The molecular weight excluding hydrogens is 319 g/mol. The highest BCUT2D eigenvalue weighted by atomic mass is 19.1. The summed E-state index contributed by atoms with van der Waals surface area (Å²) in [5.41, 5.74) is 2.53. The van der Waals surface area contributed by atoms with Crippen molar-refractivity contribution in [2.45, 2.75) is 13.5 Å². The maximum atomic E-state index is 13.0. The molecule has 0 aliphatic heterocycles. The lowest BCUT2D eigenvalue weighted by Crippen LogP contribution is -2.14. The second kappa shape index (κ2) is 7.57. The fraction of sp³-hybridized carbons (Fsp3) is 0.100. The van der Waals surface area contributed by atoms with Gasteiger partial charge in [-0.2, -0.15) is 0 Å². The van der Waals surface area contributed by atoms with E-state index >= 15 is 0 Å². The minimum Gasteiger partial charge on any atom is -0.485 e. The van der Waals surface area contributed by atoms with Gasteiger partial charge in [-0.1, -0.05) is 24.3 Å². The summed E-state index contributed by atoms with van der Waals surface area (Å²) in [6.45, 7) is 2.39. The fourth-order valence-electron chi connectivity index (χ4n) is 2.31. The number of nitrogens with zero attached hydrogens (tertiary/aromatic N) is 1. The molecule has 0 aliphatic rings. The highest BCUT2D eigenvalue weighted by Crippen LogP contribution is 2.23. The van der Waals surface area contributed by atoms with E-state index in [0.717, 1.165) is 11.1 Å². The lowest BCUT2D eigenvalue weighted by atomic mass is 10.1. The van der Waals surface area contributed by atoms with Crippen LogP contribution in [0.1, 0.15) is 21.5 Å². The Morgan fingerprint density at radius 1 is 1.08 bits per heavy atom. The average Bonchev–Trinajstić information content (AvgIpc) is 2.62. The van der Waals surface area contributed by atoms with E-state index in [1.165, 1.54) is 24.3 Å². The van der Waals surface area contributed by atoms with Crippen LogP contribution in [0.2, 0.25) is 0 Å². The first-order chi connectivity index (χ1) is 12.1. The molecule has 126 valence electrons. The molecule has 0 spiro atoms. The molecule has 25 heavy (non-hydrogen) atoms. The van der Waals surface area contributed by atoms with E-state index in [1.807, 2.05) is 31.2 Å². The maximum Gasteiger partial charge on any atom is 0.256 e. The molecule has 1 N–H and O–H groups in total. The number of pyridine rings is 1. The van der Waals surface area contributed by atoms with Crippen LogP contribution in [0.3, 0.4) is 0 Å². The number of aromatic nitrogens is 1. The Bertz CT molecular complexity index is 879. The first kappa shape index (κ1) is 16.6. The number of aryl methyl sites for hydroxylation is 1. The average molecular weight is 336 g/mol. The van der Waals surface area contributed by atoms with Crippen LogP contribution in [0.4, 0.5) is 10.2 Å². The summed E-state index contributed by atoms with van der Waals surface area (Å²) >= 11 is 0. The van der Waals surface area contributed by atoms with Gasteiger partial charge in [0.05, 0.1) is 0 Å². The Hall–Kier alpha value is -3.21. The summed E-state index contributed by atoms with van der Waals surface area (Å²) in [6.07, 6.45) is 1.57. The summed E-state index contributed by atoms with van der Waals surface area (Å²) in [4.78, 5) is 16.4. The molecule has 1 amide bonds. The van der Waals surface area contributed by atoms with Crippen LogP contribution in [-0.2, 0) is 6.61 Å². The number of anilines is 1. The van der Waals surface area contributed by atoms with E-state index in [9.17, 15) is 9.18 Å². The highest BCUT2D eigenvalue weighted by molar-refractivity contribution is 6.04. The van der Waals surface area contributed by atoms with E-state index in [0.29, 0.717) is 23.7 Å². The summed E-state index contributed by atoms with van der Waals surface area (Å²) < 4.78 is 18.8. The van der Waals surface area contributed by atoms with Crippen molar-refractivity contribution >= 4 is 11.7 Å². The number of carbonyl (C=O) groups excluding carboxylic acids is 1. The molecule has 4 nitrogen and oxygen atoms in total. The second-order valence-electron chi connectivity index (χ2n) is 5.53. The molecular formula is C20H17FN2O2. The number of halogens is 1. The number of ether oxygens (including phenoxy) is 1. The zero-order valence-electron chi connectivity index (χ0n) is 13.7. The first-order valence-electron chi connectivity index (χ1n) is 7.83. The minimum atomic E-state index is -0.392. The van der Waals surface area contributed by atoms with E-state index < -0.39 is 5.82 Å². The van der Waals surface area contributed by atoms with Crippen molar-refractivity contribution in [3.05, 3.63) is 89.4 Å². The van der Waals surface area contributed by atoms with Crippen molar-refractivity contribution in [2.24, 2.45) is 0 Å². The molecule has 0 radical (unpaired) electrons. The van der Waals surface area contributed by atoms with Crippen molar-refractivity contribution in [3.8, 4) is 5.75 Å². The highest BCUT2D eigenvalue weighted by Gasteiger charge is 2.11. The number of hydrogen-bond acceptors (Lipinski definition) is 3. The standard InChI is InChI=1S/C20H17FN2O2/c1-14-5-2-3-6-16(14)13-25-18-7-4-12-22-19(18)23-20(24)15-8-10-17(21)11-9-15/h2-12H,13H2,1H3,(H,22,23,24). The zero-order valence-corrected chi connectivity index (χ0v) is 13.7. The summed E-state index contributed by atoms with van der Waals surface area (Å²) in [6, 6.07) is 16.7. The third-order valence-corrected chi connectivity index (χ3v) is 3.75. The smallest absolute Gasteiger partial charge is 0.256 e. The van der Waals surface area contributed by atoms with Crippen molar-refractivity contribution in [1.82, 2.24) is 4.98 Å². The third kappa shape index (κ3) is 4.20. The number of nitrogens with one attached hydrogen (secondary N) is 1. The number of benzene rings is 2. The summed E-state index contributed by atoms with van der Waals surface area (Å²) in [7, 11) is 0. The van der Waals surface area contributed by atoms with E-state index in [2.05, 4.69) is 10.3 Å². The Labute approximate surface area is 145 Å². The normalized spacial score (nSPS) is 10.3. The van der Waals surface area contributed by atoms with Gasteiger partial charge in [0.1, 0.15) is 12.4 Å². The van der Waals surface area contributed by atoms with Gasteiger partial charge < -0.3 is 10.1 Å². The number of amides is 1.